The molecular formula is C15H14N2O3. The average molecular weight is 270 g/mol. The smallest absolute Gasteiger partial charge is 0.253 e. The SMILES string of the molecule is O=C(NC1c2ccccc2CC1O)c1cncc(O)c1. The molecule has 5 nitrogen and oxygen atoms in total. The van der Waals surface area contributed by atoms with Crippen LogP contribution >= 0.6 is 0 Å². The number of hydrogen-bond acceptors (Lipinski definition) is 4. The third kappa shape index (κ3) is 2.23. The zero-order valence-electron chi connectivity index (χ0n) is 10.7. The number of aliphatic hydroxyl groups is 1. The van der Waals surface area contributed by atoms with Gasteiger partial charge in [-0.25, -0.2) is 0 Å². The molecule has 0 fully saturated rings. The maximum absolute atomic E-state index is 12.1. The van der Waals surface area contributed by atoms with Gasteiger partial charge in [0.25, 0.3) is 5.91 Å². The number of carbonyl (C=O) groups excluding carboxylic acids is 1. The van der Waals surface area contributed by atoms with Crippen molar-refractivity contribution in [3.8, 4) is 5.75 Å². The lowest BCUT2D eigenvalue weighted by atomic mass is 10.1. The Balaban J connectivity index is 1.83. The van der Waals surface area contributed by atoms with Crippen molar-refractivity contribution in [1.82, 2.24) is 10.3 Å². The summed E-state index contributed by atoms with van der Waals surface area (Å²) in [5, 5.41) is 22.2. The van der Waals surface area contributed by atoms with Gasteiger partial charge in [0.15, 0.2) is 0 Å². The minimum atomic E-state index is -0.637. The summed E-state index contributed by atoms with van der Waals surface area (Å²) in [6, 6.07) is 8.55. The Bertz CT molecular complexity index is 657. The first-order valence-electron chi connectivity index (χ1n) is 6.36. The molecule has 1 aromatic carbocycles. The summed E-state index contributed by atoms with van der Waals surface area (Å²) in [6.45, 7) is 0. The highest BCUT2D eigenvalue weighted by atomic mass is 16.3. The number of aliphatic hydroxyl groups excluding tert-OH is 1. The number of fused-ring (bicyclic) bond motifs is 1. The van der Waals surface area contributed by atoms with Gasteiger partial charge < -0.3 is 15.5 Å². The number of hydrogen-bond donors (Lipinski definition) is 3. The van der Waals surface area contributed by atoms with Crippen molar-refractivity contribution in [2.24, 2.45) is 0 Å². The number of rotatable bonds is 2. The van der Waals surface area contributed by atoms with E-state index in [-0.39, 0.29) is 17.2 Å². The molecule has 1 aliphatic rings. The molecule has 3 rings (SSSR count). The van der Waals surface area contributed by atoms with Crippen LogP contribution in [0.25, 0.3) is 0 Å². The van der Waals surface area contributed by atoms with E-state index < -0.39 is 12.1 Å². The number of nitrogens with zero attached hydrogens (tertiary/aromatic N) is 1. The van der Waals surface area contributed by atoms with Gasteiger partial charge in [-0.15, -0.1) is 0 Å². The zero-order valence-corrected chi connectivity index (χ0v) is 10.7. The van der Waals surface area contributed by atoms with Crippen molar-refractivity contribution in [1.29, 1.82) is 0 Å². The molecule has 0 aliphatic heterocycles. The van der Waals surface area contributed by atoms with Crippen LogP contribution in [0.3, 0.4) is 0 Å². The summed E-state index contributed by atoms with van der Waals surface area (Å²) in [5.74, 6) is -0.431. The van der Waals surface area contributed by atoms with Crippen LogP contribution in [0, 0.1) is 0 Å². The van der Waals surface area contributed by atoms with Crippen LogP contribution in [0.1, 0.15) is 27.5 Å². The van der Waals surface area contributed by atoms with Crippen LogP contribution in [0.2, 0.25) is 0 Å². The quantitative estimate of drug-likeness (QED) is 0.765. The first kappa shape index (κ1) is 12.6. The fourth-order valence-corrected chi connectivity index (χ4v) is 2.52. The summed E-state index contributed by atoms with van der Waals surface area (Å²) in [4.78, 5) is 15.9. The van der Waals surface area contributed by atoms with E-state index in [0.717, 1.165) is 11.1 Å². The molecule has 2 unspecified atom stereocenters. The molecule has 0 spiro atoms. The first-order chi connectivity index (χ1) is 9.65. The van der Waals surface area contributed by atoms with Crippen LogP contribution in [0.4, 0.5) is 0 Å². The van der Waals surface area contributed by atoms with Gasteiger partial charge in [0.1, 0.15) is 5.75 Å². The number of pyridine rings is 1. The predicted octanol–water partition coefficient (Wildman–Crippen LogP) is 1.18. The Morgan fingerprint density at radius 1 is 1.30 bits per heavy atom. The van der Waals surface area contributed by atoms with Crippen LogP contribution in [0.15, 0.2) is 42.7 Å². The molecule has 3 N–H and O–H groups in total. The van der Waals surface area contributed by atoms with Crippen LogP contribution in [-0.4, -0.2) is 27.2 Å². The molecule has 1 amide bonds. The van der Waals surface area contributed by atoms with Crippen molar-refractivity contribution in [3.05, 3.63) is 59.4 Å². The van der Waals surface area contributed by atoms with Gasteiger partial charge in [0, 0.05) is 12.6 Å². The Labute approximate surface area is 115 Å². The molecule has 1 heterocycles. The Kier molecular flexibility index (Phi) is 3.12. The van der Waals surface area contributed by atoms with Crippen LogP contribution in [-0.2, 0) is 6.42 Å². The number of aromatic nitrogens is 1. The molecule has 102 valence electrons. The van der Waals surface area contributed by atoms with Gasteiger partial charge in [-0.05, 0) is 17.2 Å². The van der Waals surface area contributed by atoms with E-state index in [2.05, 4.69) is 10.3 Å². The molecule has 2 aromatic rings. The van der Waals surface area contributed by atoms with Crippen molar-refractivity contribution < 1.29 is 15.0 Å². The summed E-state index contributed by atoms with van der Waals surface area (Å²) >= 11 is 0. The zero-order chi connectivity index (χ0) is 14.1. The lowest BCUT2D eigenvalue weighted by Crippen LogP contribution is -2.33. The van der Waals surface area contributed by atoms with E-state index in [0.29, 0.717) is 6.42 Å². The maximum atomic E-state index is 12.1. The average Bonchev–Trinajstić information content (AvgIpc) is 2.75. The fourth-order valence-electron chi connectivity index (χ4n) is 2.52. The van der Waals surface area contributed by atoms with Gasteiger partial charge in [-0.3, -0.25) is 9.78 Å². The second-order valence-corrected chi connectivity index (χ2v) is 4.85. The van der Waals surface area contributed by atoms with E-state index in [9.17, 15) is 15.0 Å². The molecule has 1 aromatic heterocycles. The number of nitrogens with one attached hydrogen (secondary N) is 1. The van der Waals surface area contributed by atoms with Gasteiger partial charge in [0.05, 0.1) is 23.9 Å². The minimum Gasteiger partial charge on any atom is -0.506 e. The fraction of sp³-hybridized carbons (Fsp3) is 0.200. The van der Waals surface area contributed by atoms with Gasteiger partial charge in [-0.1, -0.05) is 24.3 Å². The number of benzene rings is 1. The van der Waals surface area contributed by atoms with Gasteiger partial charge in [0.2, 0.25) is 0 Å². The highest BCUT2D eigenvalue weighted by molar-refractivity contribution is 5.94. The predicted molar refractivity (Wildman–Crippen MR) is 72.3 cm³/mol. The monoisotopic (exact) mass is 270 g/mol. The van der Waals surface area contributed by atoms with Crippen LogP contribution < -0.4 is 5.32 Å². The molecule has 1 aliphatic carbocycles. The van der Waals surface area contributed by atoms with Crippen molar-refractivity contribution >= 4 is 5.91 Å². The van der Waals surface area contributed by atoms with Crippen molar-refractivity contribution in [2.75, 3.05) is 0 Å². The highest BCUT2D eigenvalue weighted by Gasteiger charge is 2.32. The first-order valence-corrected chi connectivity index (χ1v) is 6.36. The standard InChI is InChI=1S/C15H14N2O3/c18-11-5-10(7-16-8-11)15(20)17-14-12-4-2-1-3-9(12)6-13(14)19/h1-5,7-8,13-14,18-19H,6H2,(H,17,20). The van der Waals surface area contributed by atoms with Crippen LogP contribution in [0.5, 0.6) is 5.75 Å². The topological polar surface area (TPSA) is 82.5 Å². The molecule has 0 radical (unpaired) electrons. The summed E-state index contributed by atoms with van der Waals surface area (Å²) < 4.78 is 0. The van der Waals surface area contributed by atoms with Crippen molar-refractivity contribution in [2.45, 2.75) is 18.6 Å². The Morgan fingerprint density at radius 3 is 2.90 bits per heavy atom. The van der Waals surface area contributed by atoms with E-state index >= 15 is 0 Å². The second kappa shape index (κ2) is 4.94. The molecule has 2 atom stereocenters. The number of amides is 1. The van der Waals surface area contributed by atoms with Crippen molar-refractivity contribution in [3.63, 3.8) is 0 Å². The minimum absolute atomic E-state index is 0.0648. The third-order valence-corrected chi connectivity index (χ3v) is 3.48. The number of carbonyl (C=O) groups is 1. The lowest BCUT2D eigenvalue weighted by Gasteiger charge is -2.17. The summed E-state index contributed by atoms with van der Waals surface area (Å²) in [5.41, 5.74) is 2.24. The summed E-state index contributed by atoms with van der Waals surface area (Å²) in [7, 11) is 0. The lowest BCUT2D eigenvalue weighted by molar-refractivity contribution is 0.0857. The van der Waals surface area contributed by atoms with E-state index in [1.165, 1.54) is 18.5 Å². The highest BCUT2D eigenvalue weighted by Crippen LogP contribution is 2.31. The second-order valence-electron chi connectivity index (χ2n) is 4.85. The normalized spacial score (nSPS) is 20.4. The number of aromatic hydroxyl groups is 1. The Morgan fingerprint density at radius 2 is 2.10 bits per heavy atom. The molecule has 20 heavy (non-hydrogen) atoms. The van der Waals surface area contributed by atoms with Gasteiger partial charge >= 0.3 is 0 Å². The molecule has 0 saturated heterocycles. The van der Waals surface area contributed by atoms with E-state index in [4.69, 9.17) is 0 Å². The Hall–Kier alpha value is -2.40. The molecule has 0 bridgehead atoms. The third-order valence-electron chi connectivity index (χ3n) is 3.48. The molecule has 0 saturated carbocycles. The summed E-state index contributed by atoms with van der Waals surface area (Å²) in [6.07, 6.45) is 2.53. The van der Waals surface area contributed by atoms with E-state index in [1.54, 1.807) is 0 Å². The largest absolute Gasteiger partial charge is 0.506 e. The molecular weight excluding hydrogens is 256 g/mol. The van der Waals surface area contributed by atoms with Gasteiger partial charge in [-0.2, -0.15) is 0 Å². The molecule has 5 heteroatoms. The maximum Gasteiger partial charge on any atom is 0.253 e. The van der Waals surface area contributed by atoms with E-state index in [1.807, 2.05) is 24.3 Å².